The number of hydrogen-bond acceptors (Lipinski definition) is 4. The fourth-order valence-electron chi connectivity index (χ4n) is 4.36. The molecule has 3 aromatic rings. The first kappa shape index (κ1) is 21.4. The van der Waals surface area contributed by atoms with Crippen LogP contribution in [0.4, 0.5) is 0 Å². The lowest BCUT2D eigenvalue weighted by atomic mass is 9.91. The second-order valence-corrected chi connectivity index (χ2v) is 9.18. The molecule has 2 aliphatic heterocycles. The summed E-state index contributed by atoms with van der Waals surface area (Å²) in [5.74, 6) is 3.41. The van der Waals surface area contributed by atoms with E-state index in [9.17, 15) is 0 Å². The van der Waals surface area contributed by atoms with E-state index in [1.54, 1.807) is 0 Å². The lowest BCUT2D eigenvalue weighted by Gasteiger charge is -2.33. The molecule has 4 heteroatoms. The molecule has 0 radical (unpaired) electrons. The third-order valence-corrected chi connectivity index (χ3v) is 6.14. The van der Waals surface area contributed by atoms with E-state index in [-0.39, 0.29) is 5.60 Å². The number of hydrogen-bond donors (Lipinski definition) is 0. The van der Waals surface area contributed by atoms with E-state index >= 15 is 0 Å². The van der Waals surface area contributed by atoms with Crippen molar-refractivity contribution in [3.05, 3.63) is 82.9 Å². The van der Waals surface area contributed by atoms with E-state index in [1.165, 1.54) is 5.56 Å². The van der Waals surface area contributed by atoms with Crippen LogP contribution in [0, 0.1) is 0 Å². The number of fused-ring (bicyclic) bond motifs is 2. The Balaban J connectivity index is 1.47. The average Bonchev–Trinajstić information content (AvgIpc) is 2.82. The largest absolute Gasteiger partial charge is 0.494 e. The van der Waals surface area contributed by atoms with Crippen molar-refractivity contribution in [1.82, 2.24) is 0 Å². The number of benzene rings is 3. The maximum absolute atomic E-state index is 6.27. The molecule has 2 heterocycles. The Morgan fingerprint density at radius 3 is 2.61 bits per heavy atom. The molecule has 0 unspecified atom stereocenters. The van der Waals surface area contributed by atoms with Gasteiger partial charge in [0.25, 0.3) is 0 Å². The van der Waals surface area contributed by atoms with Crippen molar-refractivity contribution in [2.24, 2.45) is 0 Å². The summed E-state index contributed by atoms with van der Waals surface area (Å²) in [6.45, 7) is 7.84. The molecule has 5 rings (SSSR count). The smallest absolute Gasteiger partial charge is 0.131 e. The fourth-order valence-corrected chi connectivity index (χ4v) is 4.36. The van der Waals surface area contributed by atoms with Crippen LogP contribution in [0.15, 0.2) is 60.7 Å². The molecule has 2 aliphatic rings. The third kappa shape index (κ3) is 4.70. The lowest BCUT2D eigenvalue weighted by Crippen LogP contribution is -2.32. The molecule has 170 valence electrons. The normalized spacial score (nSPS) is 15.9. The van der Waals surface area contributed by atoms with Gasteiger partial charge in [0.2, 0.25) is 0 Å². The molecular weight excluding hydrogens is 412 g/mol. The first-order chi connectivity index (χ1) is 16.0. The summed E-state index contributed by atoms with van der Waals surface area (Å²) in [7, 11) is 0. The Morgan fingerprint density at radius 1 is 0.939 bits per heavy atom. The number of aryl methyl sites for hydroxylation is 1. The van der Waals surface area contributed by atoms with Gasteiger partial charge in [0.05, 0.1) is 6.61 Å². The van der Waals surface area contributed by atoms with Crippen molar-refractivity contribution in [2.75, 3.05) is 13.2 Å². The van der Waals surface area contributed by atoms with Gasteiger partial charge < -0.3 is 18.9 Å². The van der Waals surface area contributed by atoms with Crippen LogP contribution in [0.5, 0.6) is 23.0 Å². The second kappa shape index (κ2) is 8.86. The van der Waals surface area contributed by atoms with Crippen LogP contribution in [-0.2, 0) is 13.0 Å². The van der Waals surface area contributed by atoms with Crippen LogP contribution < -0.4 is 18.9 Å². The van der Waals surface area contributed by atoms with Crippen molar-refractivity contribution in [3.8, 4) is 23.0 Å². The summed E-state index contributed by atoms with van der Waals surface area (Å²) < 4.78 is 24.4. The summed E-state index contributed by atoms with van der Waals surface area (Å²) in [6, 6.07) is 20.5. The van der Waals surface area contributed by atoms with Crippen LogP contribution >= 0.6 is 0 Å². The third-order valence-electron chi connectivity index (χ3n) is 6.14. The summed E-state index contributed by atoms with van der Waals surface area (Å²) in [5, 5.41) is 0. The SMILES string of the molecule is CCOc1ccc(C2=Cc3cc4c(cc3OC2)OC(C)(C)CC4)c(OCc2ccccc2)c1. The first-order valence-electron chi connectivity index (χ1n) is 11.6. The predicted octanol–water partition coefficient (Wildman–Crippen LogP) is 6.70. The maximum atomic E-state index is 6.27. The van der Waals surface area contributed by atoms with Crippen LogP contribution in [0.25, 0.3) is 11.6 Å². The minimum atomic E-state index is -0.135. The molecule has 0 fully saturated rings. The van der Waals surface area contributed by atoms with Gasteiger partial charge >= 0.3 is 0 Å². The van der Waals surface area contributed by atoms with Crippen molar-refractivity contribution >= 4 is 11.6 Å². The predicted molar refractivity (Wildman–Crippen MR) is 131 cm³/mol. The highest BCUT2D eigenvalue weighted by Gasteiger charge is 2.28. The minimum absolute atomic E-state index is 0.135. The Labute approximate surface area is 195 Å². The molecule has 0 spiro atoms. The zero-order valence-electron chi connectivity index (χ0n) is 19.5. The second-order valence-electron chi connectivity index (χ2n) is 9.18. The van der Waals surface area contributed by atoms with Crippen molar-refractivity contribution in [3.63, 3.8) is 0 Å². The highest BCUT2D eigenvalue weighted by molar-refractivity contribution is 5.88. The standard InChI is InChI=1S/C29H30O4/c1-4-30-24-10-11-25(28(16-24)31-18-20-8-6-5-7-9-20)23-15-22-14-21-12-13-29(2,3)33-27(21)17-26(22)32-19-23/h5-11,14-17H,4,12-13,18-19H2,1-3H3. The lowest BCUT2D eigenvalue weighted by molar-refractivity contribution is 0.0842. The summed E-state index contributed by atoms with van der Waals surface area (Å²) in [4.78, 5) is 0. The Kier molecular flexibility index (Phi) is 5.76. The quantitative estimate of drug-likeness (QED) is 0.426. The highest BCUT2D eigenvalue weighted by atomic mass is 16.5. The van der Waals surface area contributed by atoms with Gasteiger partial charge in [-0.2, -0.15) is 0 Å². The zero-order valence-corrected chi connectivity index (χ0v) is 19.5. The molecule has 33 heavy (non-hydrogen) atoms. The van der Waals surface area contributed by atoms with E-state index in [1.807, 2.05) is 43.3 Å². The van der Waals surface area contributed by atoms with Gasteiger partial charge in [0.15, 0.2) is 0 Å². The van der Waals surface area contributed by atoms with Crippen molar-refractivity contribution < 1.29 is 18.9 Å². The molecule has 0 bridgehead atoms. The Hall–Kier alpha value is -3.40. The molecule has 4 nitrogen and oxygen atoms in total. The first-order valence-corrected chi connectivity index (χ1v) is 11.6. The molecular formula is C29H30O4. The highest BCUT2D eigenvalue weighted by Crippen LogP contribution is 2.42. The van der Waals surface area contributed by atoms with E-state index in [4.69, 9.17) is 18.9 Å². The van der Waals surface area contributed by atoms with E-state index in [0.717, 1.165) is 58.1 Å². The van der Waals surface area contributed by atoms with Gasteiger partial charge in [-0.1, -0.05) is 30.3 Å². The fraction of sp³-hybridized carbons (Fsp3) is 0.310. The summed E-state index contributed by atoms with van der Waals surface area (Å²) >= 11 is 0. The van der Waals surface area contributed by atoms with Gasteiger partial charge in [-0.25, -0.2) is 0 Å². The summed E-state index contributed by atoms with van der Waals surface area (Å²) in [6.07, 6.45) is 4.23. The van der Waals surface area contributed by atoms with Crippen LogP contribution in [0.2, 0.25) is 0 Å². The Morgan fingerprint density at radius 2 is 1.79 bits per heavy atom. The number of rotatable bonds is 6. The van der Waals surface area contributed by atoms with Crippen LogP contribution in [-0.4, -0.2) is 18.8 Å². The molecule has 3 aromatic carbocycles. The zero-order chi connectivity index (χ0) is 22.8. The van der Waals surface area contributed by atoms with Crippen molar-refractivity contribution in [2.45, 2.75) is 45.8 Å². The molecule has 0 amide bonds. The molecule has 0 aromatic heterocycles. The van der Waals surface area contributed by atoms with Gasteiger partial charge in [-0.05, 0) is 69.0 Å². The maximum Gasteiger partial charge on any atom is 0.131 e. The van der Waals surface area contributed by atoms with Gasteiger partial charge in [-0.15, -0.1) is 0 Å². The minimum Gasteiger partial charge on any atom is -0.494 e. The average molecular weight is 443 g/mol. The van der Waals surface area contributed by atoms with Gasteiger partial charge in [0, 0.05) is 28.8 Å². The molecule has 0 atom stereocenters. The molecule has 0 N–H and O–H groups in total. The van der Waals surface area contributed by atoms with Crippen LogP contribution in [0.1, 0.15) is 49.4 Å². The van der Waals surface area contributed by atoms with Gasteiger partial charge in [0.1, 0.15) is 41.8 Å². The number of ether oxygens (including phenoxy) is 4. The van der Waals surface area contributed by atoms with E-state index in [2.05, 4.69) is 44.2 Å². The van der Waals surface area contributed by atoms with E-state index in [0.29, 0.717) is 19.8 Å². The molecule has 0 aliphatic carbocycles. The monoisotopic (exact) mass is 442 g/mol. The summed E-state index contributed by atoms with van der Waals surface area (Å²) in [5.41, 5.74) is 5.42. The molecule has 0 saturated carbocycles. The Bertz CT molecular complexity index is 1180. The molecule has 0 saturated heterocycles. The topological polar surface area (TPSA) is 36.9 Å². The van der Waals surface area contributed by atoms with Crippen molar-refractivity contribution in [1.29, 1.82) is 0 Å². The van der Waals surface area contributed by atoms with Crippen LogP contribution in [0.3, 0.4) is 0 Å². The van der Waals surface area contributed by atoms with Gasteiger partial charge in [-0.3, -0.25) is 0 Å². The van der Waals surface area contributed by atoms with E-state index < -0.39 is 0 Å².